The van der Waals surface area contributed by atoms with Crippen LogP contribution >= 0.6 is 0 Å². The van der Waals surface area contributed by atoms with E-state index < -0.39 is 18.0 Å². The number of anilines is 2. The van der Waals surface area contributed by atoms with Gasteiger partial charge in [0.1, 0.15) is 29.6 Å². The van der Waals surface area contributed by atoms with E-state index in [0.717, 1.165) is 16.7 Å². The molecule has 1 aliphatic rings. The van der Waals surface area contributed by atoms with E-state index >= 15 is 0 Å². The van der Waals surface area contributed by atoms with Crippen LogP contribution in [0.25, 0.3) is 22.4 Å². The molecular weight excluding hydrogens is 576 g/mol. The zero-order chi connectivity index (χ0) is 31.9. The van der Waals surface area contributed by atoms with Crippen LogP contribution in [0.1, 0.15) is 67.6 Å². The van der Waals surface area contributed by atoms with Crippen molar-refractivity contribution in [3.8, 4) is 23.6 Å². The first kappa shape index (κ1) is 29.7. The molecule has 1 aliphatic carbocycles. The Balaban J connectivity index is 1.50. The van der Waals surface area contributed by atoms with Gasteiger partial charge in [-0.3, -0.25) is 4.98 Å². The summed E-state index contributed by atoms with van der Waals surface area (Å²) in [6.45, 7) is 8.74. The number of hydrogen-bond donors (Lipinski definition) is 2. The monoisotopic (exact) mass is 607 g/mol. The summed E-state index contributed by atoms with van der Waals surface area (Å²) in [5.41, 5.74) is 3.60. The van der Waals surface area contributed by atoms with Crippen molar-refractivity contribution in [3.05, 3.63) is 83.1 Å². The third-order valence-corrected chi connectivity index (χ3v) is 8.10. The maximum absolute atomic E-state index is 14.0. The average Bonchev–Trinajstić information content (AvgIpc) is 3.39. The molecule has 12 heteroatoms. The number of benzene rings is 2. The lowest BCUT2D eigenvalue weighted by Crippen LogP contribution is -2.26. The van der Waals surface area contributed by atoms with E-state index in [2.05, 4.69) is 63.8 Å². The van der Waals surface area contributed by atoms with Crippen molar-refractivity contribution >= 4 is 22.3 Å². The third-order valence-electron chi connectivity index (χ3n) is 8.10. The van der Waals surface area contributed by atoms with Crippen molar-refractivity contribution in [3.63, 3.8) is 0 Å². The zero-order valence-corrected chi connectivity index (χ0v) is 25.3. The van der Waals surface area contributed by atoms with Gasteiger partial charge in [0.15, 0.2) is 0 Å². The van der Waals surface area contributed by atoms with Gasteiger partial charge in [-0.15, -0.1) is 5.10 Å². The van der Waals surface area contributed by atoms with Gasteiger partial charge in [0.25, 0.3) is 6.43 Å². The lowest BCUT2D eigenvalue weighted by Gasteiger charge is -2.23. The fourth-order valence-corrected chi connectivity index (χ4v) is 5.43. The molecule has 3 heterocycles. The molecule has 6 rings (SSSR count). The van der Waals surface area contributed by atoms with Crippen molar-refractivity contribution < 1.29 is 13.2 Å². The minimum atomic E-state index is -2.58. The van der Waals surface area contributed by atoms with E-state index in [-0.39, 0.29) is 5.41 Å². The molecule has 0 amide bonds. The van der Waals surface area contributed by atoms with Gasteiger partial charge < -0.3 is 15.1 Å². The Labute approximate surface area is 258 Å². The smallest absolute Gasteiger partial charge is 0.263 e. The quantitative estimate of drug-likeness (QED) is 0.182. The number of aromatic nitrogens is 5. The van der Waals surface area contributed by atoms with Gasteiger partial charge in [-0.1, -0.05) is 38.1 Å². The summed E-state index contributed by atoms with van der Waals surface area (Å²) in [6, 6.07) is 13.0. The molecule has 0 bridgehead atoms. The summed E-state index contributed by atoms with van der Waals surface area (Å²) in [4.78, 5) is 8.75. The largest absolute Gasteiger partial charge is 0.445 e. The molecule has 228 valence electrons. The normalized spacial score (nSPS) is 14.6. The molecule has 0 aliphatic heterocycles. The molecule has 0 saturated heterocycles. The number of nitrogens with zero attached hydrogens (tertiary/aromatic N) is 7. The van der Waals surface area contributed by atoms with Gasteiger partial charge in [-0.2, -0.15) is 10.5 Å². The summed E-state index contributed by atoms with van der Waals surface area (Å²) < 4.78 is 34.8. The first-order valence-electron chi connectivity index (χ1n) is 14.5. The standard InChI is InChI=1S/C33H31F2N9O/c1-19-23(6-5-7-24(19)30-38-10-11-45-30)29(26-17-44(43-42-26)33(8-9-33)31(34)35)41-22-12-20(14-36)27-25(13-22)28(21(15-37)16-39-27)40-18-32(2,3)4/h5-7,10-13,16-17,29,31,41H,8-9,18H2,1-4H3,(H,39,40). The van der Waals surface area contributed by atoms with E-state index in [1.165, 1.54) is 17.1 Å². The topological polar surface area (TPSA) is 141 Å². The highest BCUT2D eigenvalue weighted by Gasteiger charge is 2.54. The Kier molecular flexibility index (Phi) is 7.45. The van der Waals surface area contributed by atoms with Crippen molar-refractivity contribution in [1.82, 2.24) is 25.0 Å². The second kappa shape index (κ2) is 11.3. The molecule has 10 nitrogen and oxygen atoms in total. The number of hydrogen-bond acceptors (Lipinski definition) is 9. The highest BCUT2D eigenvalue weighted by molar-refractivity contribution is 5.99. The number of oxazole rings is 1. The van der Waals surface area contributed by atoms with Gasteiger partial charge in [0.2, 0.25) is 5.89 Å². The molecule has 2 N–H and O–H groups in total. The molecular formula is C33H31F2N9O. The maximum Gasteiger partial charge on any atom is 0.263 e. The van der Waals surface area contributed by atoms with Crippen molar-refractivity contribution in [2.24, 2.45) is 5.41 Å². The highest BCUT2D eigenvalue weighted by Crippen LogP contribution is 2.48. The van der Waals surface area contributed by atoms with Gasteiger partial charge in [-0.05, 0) is 54.5 Å². The Morgan fingerprint density at radius 2 is 1.89 bits per heavy atom. The lowest BCUT2D eigenvalue weighted by molar-refractivity contribution is 0.0593. The number of nitrogens with one attached hydrogen (secondary N) is 2. The predicted molar refractivity (Wildman–Crippen MR) is 164 cm³/mol. The van der Waals surface area contributed by atoms with Gasteiger partial charge >= 0.3 is 0 Å². The lowest BCUT2D eigenvalue weighted by atomic mass is 9.94. The molecule has 0 radical (unpaired) electrons. The van der Waals surface area contributed by atoms with Crippen LogP contribution in [0.5, 0.6) is 0 Å². The van der Waals surface area contributed by atoms with Crippen LogP contribution in [0.3, 0.4) is 0 Å². The summed E-state index contributed by atoms with van der Waals surface area (Å²) >= 11 is 0. The van der Waals surface area contributed by atoms with E-state index in [1.54, 1.807) is 18.5 Å². The molecule has 3 aromatic heterocycles. The van der Waals surface area contributed by atoms with Crippen molar-refractivity contribution in [2.45, 2.75) is 58.5 Å². The fraction of sp³-hybridized carbons (Fsp3) is 0.333. The van der Waals surface area contributed by atoms with Gasteiger partial charge in [0, 0.05) is 29.4 Å². The molecule has 1 unspecified atom stereocenters. The minimum absolute atomic E-state index is 0.0876. The number of alkyl halides is 2. The Morgan fingerprint density at radius 1 is 1.11 bits per heavy atom. The van der Waals surface area contributed by atoms with Crippen LogP contribution in [0.2, 0.25) is 0 Å². The highest BCUT2D eigenvalue weighted by atomic mass is 19.3. The van der Waals surface area contributed by atoms with E-state index in [0.29, 0.717) is 64.4 Å². The second-order valence-corrected chi connectivity index (χ2v) is 12.5. The molecule has 45 heavy (non-hydrogen) atoms. The third kappa shape index (κ3) is 5.55. The number of pyridine rings is 1. The second-order valence-electron chi connectivity index (χ2n) is 12.5. The van der Waals surface area contributed by atoms with E-state index in [1.807, 2.05) is 31.2 Å². The zero-order valence-electron chi connectivity index (χ0n) is 25.3. The minimum Gasteiger partial charge on any atom is -0.445 e. The summed E-state index contributed by atoms with van der Waals surface area (Å²) in [6.07, 6.45) is 4.15. The first-order chi connectivity index (χ1) is 21.5. The van der Waals surface area contributed by atoms with Crippen LogP contribution in [0.15, 0.2) is 59.6 Å². The van der Waals surface area contributed by atoms with Crippen LogP contribution in [0, 0.1) is 35.0 Å². The van der Waals surface area contributed by atoms with Crippen LogP contribution in [-0.4, -0.2) is 37.9 Å². The van der Waals surface area contributed by atoms with Crippen molar-refractivity contribution in [2.75, 3.05) is 17.2 Å². The number of nitriles is 2. The predicted octanol–water partition coefficient (Wildman–Crippen LogP) is 6.95. The molecule has 1 atom stereocenters. The average molecular weight is 608 g/mol. The van der Waals surface area contributed by atoms with E-state index in [4.69, 9.17) is 4.42 Å². The Bertz CT molecular complexity index is 1960. The first-order valence-corrected chi connectivity index (χ1v) is 14.5. The van der Waals surface area contributed by atoms with Crippen LogP contribution < -0.4 is 10.6 Å². The van der Waals surface area contributed by atoms with E-state index in [9.17, 15) is 19.3 Å². The summed E-state index contributed by atoms with van der Waals surface area (Å²) in [5, 5.41) is 36.0. The number of halogens is 2. The molecule has 1 saturated carbocycles. The fourth-order valence-electron chi connectivity index (χ4n) is 5.43. The molecule has 0 spiro atoms. The SMILES string of the molecule is Cc1c(-c2ncco2)cccc1C(Nc1cc(C#N)c2ncc(C#N)c(NCC(C)(C)C)c2c1)c1cn(C2(C(F)F)CC2)nn1. The van der Waals surface area contributed by atoms with Gasteiger partial charge in [-0.25, -0.2) is 18.4 Å². The summed E-state index contributed by atoms with van der Waals surface area (Å²) in [7, 11) is 0. The maximum atomic E-state index is 14.0. The molecule has 5 aromatic rings. The number of rotatable bonds is 9. The molecule has 1 fully saturated rings. The van der Waals surface area contributed by atoms with Crippen LogP contribution in [-0.2, 0) is 5.54 Å². The Morgan fingerprint density at radius 3 is 2.53 bits per heavy atom. The summed E-state index contributed by atoms with van der Waals surface area (Å²) in [5.74, 6) is 0.438. The van der Waals surface area contributed by atoms with Crippen molar-refractivity contribution in [1.29, 1.82) is 10.5 Å². The Hall–Kier alpha value is -5.36. The molecule has 2 aromatic carbocycles. The van der Waals surface area contributed by atoms with Gasteiger partial charge in [0.05, 0.1) is 40.8 Å². The number of fused-ring (bicyclic) bond motifs is 1. The van der Waals surface area contributed by atoms with Crippen LogP contribution in [0.4, 0.5) is 20.2 Å².